The molecule has 0 unspecified atom stereocenters. The summed E-state index contributed by atoms with van der Waals surface area (Å²) in [6.07, 6.45) is 4.42. The lowest BCUT2D eigenvalue weighted by Crippen LogP contribution is -2.24. The van der Waals surface area contributed by atoms with Crippen molar-refractivity contribution in [2.24, 2.45) is 5.73 Å². The highest BCUT2D eigenvalue weighted by Gasteiger charge is 2.09. The molecular weight excluding hydrogens is 478 g/mol. The Morgan fingerprint density at radius 2 is 1.66 bits per heavy atom. The maximum atomic E-state index is 10.9. The number of nitrogens with two attached hydrogens (primary N) is 1. The number of primary amides is 1. The van der Waals surface area contributed by atoms with E-state index in [0.717, 1.165) is 38.2 Å². The average Bonchev–Trinajstić information content (AvgIpc) is 3.35. The molecule has 4 rings (SSSR count). The minimum atomic E-state index is -0.527. The first kappa shape index (κ1) is 28.5. The average molecular weight is 516 g/mol. The van der Waals surface area contributed by atoms with E-state index in [0.29, 0.717) is 11.3 Å². The lowest BCUT2D eigenvalue weighted by molar-refractivity contribution is -0.119. The minimum absolute atomic E-state index is 0.00792. The molecule has 7 heteroatoms. The molecule has 0 aliphatic rings. The number of Topliss-reactive ketones (excluding diaryl/α,β-unsaturated/α-hetero) is 1. The number of fused-ring (bicyclic) bond motifs is 1. The van der Waals surface area contributed by atoms with Gasteiger partial charge in [0.1, 0.15) is 11.5 Å². The molecule has 0 aliphatic carbocycles. The molecule has 0 fully saturated rings. The first-order chi connectivity index (χ1) is 18.4. The van der Waals surface area contributed by atoms with Gasteiger partial charge >= 0.3 is 0 Å². The molecule has 3 aromatic carbocycles. The Bertz CT molecular complexity index is 1310. The number of amides is 1. The lowest BCUT2D eigenvalue weighted by Gasteiger charge is -2.21. The van der Waals surface area contributed by atoms with Gasteiger partial charge in [0, 0.05) is 34.8 Å². The molecule has 200 valence electrons. The van der Waals surface area contributed by atoms with Gasteiger partial charge in [-0.25, -0.2) is 0 Å². The highest BCUT2D eigenvalue weighted by Crippen LogP contribution is 2.21. The highest BCUT2D eigenvalue weighted by atomic mass is 16.5. The van der Waals surface area contributed by atoms with Gasteiger partial charge in [-0.2, -0.15) is 0 Å². The van der Waals surface area contributed by atoms with Gasteiger partial charge in [0.25, 0.3) is 5.91 Å². The summed E-state index contributed by atoms with van der Waals surface area (Å²) in [7, 11) is 1.74. The molecule has 1 aromatic heterocycles. The number of hydrogen-bond donors (Lipinski definition) is 2. The summed E-state index contributed by atoms with van der Waals surface area (Å²) in [5.74, 6) is 0.966. The largest absolute Gasteiger partial charge is 0.496 e. The van der Waals surface area contributed by atoms with Crippen LogP contribution < -0.4 is 15.2 Å². The van der Waals surface area contributed by atoms with Crippen molar-refractivity contribution in [2.75, 3.05) is 26.8 Å². The molecule has 0 aliphatic heterocycles. The molecule has 0 saturated heterocycles. The quantitative estimate of drug-likeness (QED) is 0.247. The lowest BCUT2D eigenvalue weighted by atomic mass is 10.1. The summed E-state index contributed by atoms with van der Waals surface area (Å²) >= 11 is 0. The van der Waals surface area contributed by atoms with E-state index in [1.807, 2.05) is 12.1 Å². The third kappa shape index (κ3) is 8.49. The topological polar surface area (TPSA) is 97.6 Å². The van der Waals surface area contributed by atoms with E-state index < -0.39 is 5.91 Å². The number of aryl methyl sites for hydroxylation is 1. The molecule has 7 nitrogen and oxygen atoms in total. The zero-order valence-corrected chi connectivity index (χ0v) is 22.4. The van der Waals surface area contributed by atoms with Gasteiger partial charge < -0.3 is 20.2 Å². The fourth-order valence-electron chi connectivity index (χ4n) is 4.20. The number of aromatic amines is 1. The Hall–Kier alpha value is -4.10. The standard InChI is InChI=1S/C21H26N2O.C10H11NO3/c1-3-23(16-18-9-4-7-13-21(18)24-2)14-8-10-17-15-22-20-12-6-5-11-19(17)20;1-7(12)8-2-4-9(5-3-8)14-6-10(11)13/h4-7,9,11-13,15,22H,3,8,10,14,16H2,1-2H3;2-5H,6H2,1H3,(H2,11,13). The van der Waals surface area contributed by atoms with Crippen LogP contribution in [-0.4, -0.2) is 48.4 Å². The Morgan fingerprint density at radius 3 is 2.34 bits per heavy atom. The zero-order valence-electron chi connectivity index (χ0n) is 22.4. The van der Waals surface area contributed by atoms with Crippen LogP contribution in [0.25, 0.3) is 10.9 Å². The summed E-state index contributed by atoms with van der Waals surface area (Å²) in [5, 5.41) is 1.35. The van der Waals surface area contributed by atoms with Crippen LogP contribution in [0.1, 0.15) is 41.8 Å². The SMILES string of the molecule is CC(=O)c1ccc(OCC(N)=O)cc1.CCN(CCCc1c[nH]c2ccccc12)Cc1ccccc1OC. The summed E-state index contributed by atoms with van der Waals surface area (Å²) in [6.45, 7) is 6.63. The van der Waals surface area contributed by atoms with E-state index in [1.54, 1.807) is 31.4 Å². The van der Waals surface area contributed by atoms with E-state index in [9.17, 15) is 9.59 Å². The Balaban J connectivity index is 0.000000244. The van der Waals surface area contributed by atoms with Crippen molar-refractivity contribution in [3.63, 3.8) is 0 Å². The predicted octanol–water partition coefficient (Wildman–Crippen LogP) is 5.38. The van der Waals surface area contributed by atoms with Crippen molar-refractivity contribution in [3.05, 3.63) is 95.7 Å². The number of aromatic nitrogens is 1. The second-order valence-corrected chi connectivity index (χ2v) is 8.98. The second-order valence-electron chi connectivity index (χ2n) is 8.98. The van der Waals surface area contributed by atoms with Gasteiger partial charge in [0.05, 0.1) is 7.11 Å². The monoisotopic (exact) mass is 515 g/mol. The number of carbonyl (C=O) groups is 2. The number of para-hydroxylation sites is 2. The van der Waals surface area contributed by atoms with Crippen LogP contribution in [0.5, 0.6) is 11.5 Å². The van der Waals surface area contributed by atoms with Crippen molar-refractivity contribution in [3.8, 4) is 11.5 Å². The fourth-order valence-corrected chi connectivity index (χ4v) is 4.20. The summed E-state index contributed by atoms with van der Waals surface area (Å²) in [5.41, 5.74) is 9.41. The molecule has 0 saturated carbocycles. The normalized spacial score (nSPS) is 10.6. The third-order valence-corrected chi connectivity index (χ3v) is 6.27. The Labute approximate surface area is 224 Å². The number of nitrogens with zero attached hydrogens (tertiary/aromatic N) is 1. The number of ketones is 1. The van der Waals surface area contributed by atoms with Gasteiger partial charge in [0.2, 0.25) is 0 Å². The summed E-state index contributed by atoms with van der Waals surface area (Å²) in [6, 6.07) is 23.3. The number of methoxy groups -OCH3 is 1. The molecule has 0 bridgehead atoms. The highest BCUT2D eigenvalue weighted by molar-refractivity contribution is 5.94. The zero-order chi connectivity index (χ0) is 27.3. The van der Waals surface area contributed by atoms with Crippen molar-refractivity contribution in [1.82, 2.24) is 9.88 Å². The van der Waals surface area contributed by atoms with Crippen LogP contribution >= 0.6 is 0 Å². The molecule has 38 heavy (non-hydrogen) atoms. The number of carbonyl (C=O) groups excluding carboxylic acids is 2. The Morgan fingerprint density at radius 1 is 0.947 bits per heavy atom. The number of hydrogen-bond acceptors (Lipinski definition) is 5. The van der Waals surface area contributed by atoms with E-state index in [4.69, 9.17) is 15.2 Å². The van der Waals surface area contributed by atoms with Crippen LogP contribution in [0.4, 0.5) is 0 Å². The van der Waals surface area contributed by atoms with E-state index in [-0.39, 0.29) is 12.4 Å². The van der Waals surface area contributed by atoms with Gasteiger partial charge in [-0.3, -0.25) is 14.5 Å². The van der Waals surface area contributed by atoms with E-state index in [2.05, 4.69) is 59.4 Å². The maximum Gasteiger partial charge on any atom is 0.255 e. The molecule has 1 amide bonds. The van der Waals surface area contributed by atoms with Gasteiger partial charge in [-0.05, 0) is 74.8 Å². The minimum Gasteiger partial charge on any atom is -0.496 e. The van der Waals surface area contributed by atoms with Crippen molar-refractivity contribution >= 4 is 22.6 Å². The van der Waals surface area contributed by atoms with Gasteiger partial charge in [0.15, 0.2) is 12.4 Å². The first-order valence-electron chi connectivity index (χ1n) is 12.8. The molecule has 0 spiro atoms. The van der Waals surface area contributed by atoms with Crippen molar-refractivity contribution < 1.29 is 19.1 Å². The van der Waals surface area contributed by atoms with E-state index in [1.165, 1.54) is 29.0 Å². The van der Waals surface area contributed by atoms with Crippen LogP contribution in [0.2, 0.25) is 0 Å². The molecule has 0 radical (unpaired) electrons. The smallest absolute Gasteiger partial charge is 0.255 e. The Kier molecular flexibility index (Phi) is 10.9. The van der Waals surface area contributed by atoms with Crippen LogP contribution in [0, 0.1) is 0 Å². The summed E-state index contributed by atoms with van der Waals surface area (Å²) in [4.78, 5) is 27.1. The second kappa shape index (κ2) is 14.6. The predicted molar refractivity (Wildman–Crippen MR) is 152 cm³/mol. The van der Waals surface area contributed by atoms with Crippen LogP contribution in [0.15, 0.2) is 79.0 Å². The molecule has 0 atom stereocenters. The number of nitrogens with one attached hydrogen (secondary N) is 1. The van der Waals surface area contributed by atoms with Gasteiger partial charge in [-0.1, -0.05) is 43.3 Å². The number of H-pyrrole nitrogens is 1. The van der Waals surface area contributed by atoms with E-state index >= 15 is 0 Å². The van der Waals surface area contributed by atoms with Gasteiger partial charge in [-0.15, -0.1) is 0 Å². The fraction of sp³-hybridized carbons (Fsp3) is 0.290. The first-order valence-corrected chi connectivity index (χ1v) is 12.8. The molecule has 4 aromatic rings. The molecule has 1 heterocycles. The number of rotatable bonds is 12. The molecular formula is C31H37N3O4. The van der Waals surface area contributed by atoms with Crippen LogP contribution in [-0.2, 0) is 17.8 Å². The van der Waals surface area contributed by atoms with Crippen molar-refractivity contribution in [1.29, 1.82) is 0 Å². The van der Waals surface area contributed by atoms with Crippen LogP contribution in [0.3, 0.4) is 0 Å². The van der Waals surface area contributed by atoms with Crippen molar-refractivity contribution in [2.45, 2.75) is 33.2 Å². The third-order valence-electron chi connectivity index (χ3n) is 6.27. The summed E-state index contributed by atoms with van der Waals surface area (Å²) < 4.78 is 10.5. The maximum absolute atomic E-state index is 10.9. The number of ether oxygens (including phenoxy) is 2. The molecule has 3 N–H and O–H groups in total. The number of benzene rings is 3.